The van der Waals surface area contributed by atoms with Gasteiger partial charge in [0.25, 0.3) is 5.91 Å². The van der Waals surface area contributed by atoms with Crippen molar-refractivity contribution >= 4 is 44.4 Å². The SMILES string of the molecule is CCN(CC)C1CCN(C(=O)c2cc(I)ccc2Br)C1. The number of amides is 1. The molecule has 3 nitrogen and oxygen atoms in total. The van der Waals surface area contributed by atoms with E-state index in [0.717, 1.165) is 46.2 Å². The number of halogens is 2. The lowest BCUT2D eigenvalue weighted by molar-refractivity contribution is 0.0777. The maximum atomic E-state index is 12.6. The van der Waals surface area contributed by atoms with Gasteiger partial charge in [-0.25, -0.2) is 0 Å². The fourth-order valence-corrected chi connectivity index (χ4v) is 3.70. The fourth-order valence-electron chi connectivity index (χ4n) is 2.80. The smallest absolute Gasteiger partial charge is 0.255 e. The highest BCUT2D eigenvalue weighted by Gasteiger charge is 2.30. The van der Waals surface area contributed by atoms with E-state index in [0.29, 0.717) is 6.04 Å². The number of hydrogen-bond donors (Lipinski definition) is 0. The van der Waals surface area contributed by atoms with Gasteiger partial charge in [-0.05, 0) is 76.2 Å². The van der Waals surface area contributed by atoms with Crippen LogP contribution in [0.4, 0.5) is 0 Å². The van der Waals surface area contributed by atoms with Crippen LogP contribution >= 0.6 is 38.5 Å². The molecule has 1 aliphatic rings. The largest absolute Gasteiger partial charge is 0.337 e. The highest BCUT2D eigenvalue weighted by molar-refractivity contribution is 14.1. The summed E-state index contributed by atoms with van der Waals surface area (Å²) >= 11 is 5.73. The first-order valence-corrected chi connectivity index (χ1v) is 8.92. The number of hydrogen-bond acceptors (Lipinski definition) is 2. The zero-order valence-corrected chi connectivity index (χ0v) is 15.6. The summed E-state index contributed by atoms with van der Waals surface area (Å²) in [5.41, 5.74) is 0.775. The summed E-state index contributed by atoms with van der Waals surface area (Å²) in [6.07, 6.45) is 1.08. The number of likely N-dealkylation sites (tertiary alicyclic amines) is 1. The van der Waals surface area contributed by atoms with E-state index in [4.69, 9.17) is 0 Å². The summed E-state index contributed by atoms with van der Waals surface area (Å²) in [5, 5.41) is 0. The molecule has 0 N–H and O–H groups in total. The van der Waals surface area contributed by atoms with Gasteiger partial charge in [0.15, 0.2) is 0 Å². The van der Waals surface area contributed by atoms with Crippen LogP contribution < -0.4 is 0 Å². The third-order valence-corrected chi connectivity index (χ3v) is 5.30. The summed E-state index contributed by atoms with van der Waals surface area (Å²) < 4.78 is 1.97. The number of benzene rings is 1. The minimum absolute atomic E-state index is 0.144. The van der Waals surface area contributed by atoms with Gasteiger partial charge in [0.2, 0.25) is 0 Å². The van der Waals surface area contributed by atoms with E-state index >= 15 is 0 Å². The highest BCUT2D eigenvalue weighted by atomic mass is 127. The third kappa shape index (κ3) is 3.54. The van der Waals surface area contributed by atoms with Crippen molar-refractivity contribution in [2.75, 3.05) is 26.2 Å². The lowest BCUT2D eigenvalue weighted by atomic mass is 10.2. The Morgan fingerprint density at radius 1 is 1.45 bits per heavy atom. The molecule has 0 spiro atoms. The van der Waals surface area contributed by atoms with Crippen molar-refractivity contribution in [3.05, 3.63) is 31.8 Å². The van der Waals surface area contributed by atoms with Gasteiger partial charge < -0.3 is 4.90 Å². The molecule has 0 saturated carbocycles. The number of carbonyl (C=O) groups is 1. The molecular weight excluding hydrogens is 431 g/mol. The Morgan fingerprint density at radius 2 is 2.15 bits per heavy atom. The van der Waals surface area contributed by atoms with E-state index in [1.54, 1.807) is 0 Å². The van der Waals surface area contributed by atoms with Crippen LogP contribution in [0.15, 0.2) is 22.7 Å². The van der Waals surface area contributed by atoms with Crippen molar-refractivity contribution in [2.24, 2.45) is 0 Å². The van der Waals surface area contributed by atoms with E-state index < -0.39 is 0 Å². The average molecular weight is 451 g/mol. The van der Waals surface area contributed by atoms with Gasteiger partial charge in [-0.2, -0.15) is 0 Å². The molecule has 20 heavy (non-hydrogen) atoms. The predicted octanol–water partition coefficient (Wildman–Crippen LogP) is 3.61. The molecule has 1 aromatic rings. The van der Waals surface area contributed by atoms with Gasteiger partial charge in [-0.15, -0.1) is 0 Å². The van der Waals surface area contributed by atoms with Gasteiger partial charge in [-0.3, -0.25) is 9.69 Å². The van der Waals surface area contributed by atoms with E-state index in [2.05, 4.69) is 57.3 Å². The normalized spacial score (nSPS) is 18.9. The molecule has 1 aliphatic heterocycles. The van der Waals surface area contributed by atoms with Crippen molar-refractivity contribution in [3.8, 4) is 0 Å². The van der Waals surface area contributed by atoms with Crippen LogP contribution in [0.3, 0.4) is 0 Å². The van der Waals surface area contributed by atoms with Gasteiger partial charge in [-0.1, -0.05) is 13.8 Å². The number of likely N-dealkylation sites (N-methyl/N-ethyl adjacent to an activating group) is 1. The Bertz CT molecular complexity index is 491. The van der Waals surface area contributed by atoms with Crippen molar-refractivity contribution in [1.29, 1.82) is 0 Å². The summed E-state index contributed by atoms with van der Waals surface area (Å²) in [7, 11) is 0. The monoisotopic (exact) mass is 450 g/mol. The number of carbonyl (C=O) groups excluding carboxylic acids is 1. The molecule has 1 amide bonds. The van der Waals surface area contributed by atoms with E-state index in [9.17, 15) is 4.79 Å². The lowest BCUT2D eigenvalue weighted by Gasteiger charge is -2.26. The Kier molecular flexibility index (Phi) is 5.86. The van der Waals surface area contributed by atoms with Gasteiger partial charge in [0.05, 0.1) is 5.56 Å². The third-order valence-electron chi connectivity index (χ3n) is 3.94. The molecule has 1 heterocycles. The van der Waals surface area contributed by atoms with E-state index in [-0.39, 0.29) is 5.91 Å². The fraction of sp³-hybridized carbons (Fsp3) is 0.533. The Morgan fingerprint density at radius 3 is 2.80 bits per heavy atom. The van der Waals surface area contributed by atoms with Crippen molar-refractivity contribution in [3.63, 3.8) is 0 Å². The first-order valence-electron chi connectivity index (χ1n) is 7.05. The summed E-state index contributed by atoms with van der Waals surface area (Å²) in [6, 6.07) is 6.42. The maximum absolute atomic E-state index is 12.6. The second-order valence-corrected chi connectivity index (χ2v) is 7.14. The first kappa shape index (κ1) is 16.2. The zero-order valence-electron chi connectivity index (χ0n) is 11.9. The molecule has 2 rings (SSSR count). The second-order valence-electron chi connectivity index (χ2n) is 5.04. The molecular formula is C15H20BrIN2O. The minimum atomic E-state index is 0.144. The molecule has 5 heteroatoms. The number of nitrogens with zero attached hydrogens (tertiary/aromatic N) is 2. The average Bonchev–Trinajstić information content (AvgIpc) is 2.92. The van der Waals surface area contributed by atoms with Crippen LogP contribution in [0, 0.1) is 3.57 Å². The van der Waals surface area contributed by atoms with Crippen LogP contribution in [0.25, 0.3) is 0 Å². The Balaban J connectivity index is 2.10. The molecule has 0 aromatic heterocycles. The van der Waals surface area contributed by atoms with Crippen LogP contribution in [0.1, 0.15) is 30.6 Å². The summed E-state index contributed by atoms with van der Waals surface area (Å²) in [5.74, 6) is 0.144. The molecule has 1 atom stereocenters. The van der Waals surface area contributed by atoms with E-state index in [1.807, 2.05) is 23.1 Å². The van der Waals surface area contributed by atoms with Crippen LogP contribution in [-0.4, -0.2) is 47.9 Å². The van der Waals surface area contributed by atoms with Gasteiger partial charge in [0, 0.05) is 27.2 Å². The minimum Gasteiger partial charge on any atom is -0.337 e. The van der Waals surface area contributed by atoms with E-state index in [1.165, 1.54) is 0 Å². The van der Waals surface area contributed by atoms with Crippen molar-refractivity contribution < 1.29 is 4.79 Å². The van der Waals surface area contributed by atoms with Crippen molar-refractivity contribution in [1.82, 2.24) is 9.80 Å². The standard InChI is InChI=1S/C15H20BrIN2O/c1-3-18(4-2)12-7-8-19(10-12)15(20)13-9-11(17)5-6-14(13)16/h5-6,9,12H,3-4,7-8,10H2,1-2H3. The molecule has 110 valence electrons. The molecule has 1 aromatic carbocycles. The maximum Gasteiger partial charge on any atom is 0.255 e. The molecule has 0 bridgehead atoms. The predicted molar refractivity (Wildman–Crippen MR) is 94.1 cm³/mol. The zero-order chi connectivity index (χ0) is 14.7. The molecule has 1 fully saturated rings. The topological polar surface area (TPSA) is 23.6 Å². The lowest BCUT2D eigenvalue weighted by Crippen LogP contribution is -2.38. The molecule has 1 unspecified atom stereocenters. The van der Waals surface area contributed by atoms with Gasteiger partial charge in [0.1, 0.15) is 0 Å². The molecule has 0 aliphatic carbocycles. The summed E-state index contributed by atoms with van der Waals surface area (Å²) in [6.45, 7) is 8.18. The van der Waals surface area contributed by atoms with Crippen LogP contribution in [0.2, 0.25) is 0 Å². The van der Waals surface area contributed by atoms with Crippen LogP contribution in [0.5, 0.6) is 0 Å². The summed E-state index contributed by atoms with van der Waals surface area (Å²) in [4.78, 5) is 17.1. The molecule has 1 saturated heterocycles. The highest BCUT2D eigenvalue weighted by Crippen LogP contribution is 2.24. The second kappa shape index (κ2) is 7.22. The Labute approximate surface area is 143 Å². The quantitative estimate of drug-likeness (QED) is 0.654. The van der Waals surface area contributed by atoms with Crippen molar-refractivity contribution in [2.45, 2.75) is 26.3 Å². The van der Waals surface area contributed by atoms with Crippen LogP contribution in [-0.2, 0) is 0 Å². The Hall–Kier alpha value is -0.140. The first-order chi connectivity index (χ1) is 9.56. The number of rotatable bonds is 4. The molecule has 0 radical (unpaired) electrons. The van der Waals surface area contributed by atoms with Gasteiger partial charge >= 0.3 is 0 Å².